The van der Waals surface area contributed by atoms with Crippen LogP contribution >= 0.6 is 0 Å². The normalized spacial score (nSPS) is 12.2. The van der Waals surface area contributed by atoms with Crippen LogP contribution in [0.1, 0.15) is 25.5 Å². The maximum atomic E-state index is 10.7. The van der Waals surface area contributed by atoms with Crippen LogP contribution in [0.4, 0.5) is 0 Å². The lowest BCUT2D eigenvalue weighted by Gasteiger charge is -2.11. The number of nitrogens with zero attached hydrogens (tertiary/aromatic N) is 1. The fourth-order valence-electron chi connectivity index (χ4n) is 1.04. The van der Waals surface area contributed by atoms with Gasteiger partial charge in [-0.05, 0) is 24.6 Å². The zero-order valence-corrected chi connectivity index (χ0v) is 7.24. The van der Waals surface area contributed by atoms with Gasteiger partial charge in [-0.2, -0.15) is 0 Å². The Kier molecular flexibility index (Phi) is 2.80. The number of carbonyl (C=O) groups excluding carboxylic acids is 1. The molecule has 0 aliphatic rings. The topological polar surface area (TPSA) is 42.0 Å². The molecule has 0 fully saturated rings. The first-order valence-electron chi connectivity index (χ1n) is 3.87. The Balaban J connectivity index is 2.65. The van der Waals surface area contributed by atoms with Crippen molar-refractivity contribution >= 4 is 5.91 Å². The number of aromatic nitrogens is 1. The van der Waals surface area contributed by atoms with Gasteiger partial charge >= 0.3 is 0 Å². The summed E-state index contributed by atoms with van der Waals surface area (Å²) >= 11 is 0. The average molecular weight is 164 g/mol. The summed E-state index contributed by atoms with van der Waals surface area (Å²) in [5.74, 6) is -0.0145. The Labute approximate surface area is 71.8 Å². The van der Waals surface area contributed by atoms with Gasteiger partial charge in [-0.15, -0.1) is 0 Å². The van der Waals surface area contributed by atoms with Gasteiger partial charge in [0.1, 0.15) is 0 Å². The van der Waals surface area contributed by atoms with Crippen molar-refractivity contribution in [2.75, 3.05) is 0 Å². The number of pyridine rings is 1. The average Bonchev–Trinajstić information content (AvgIpc) is 2.05. The van der Waals surface area contributed by atoms with E-state index in [0.29, 0.717) is 0 Å². The van der Waals surface area contributed by atoms with Gasteiger partial charge in [0.2, 0.25) is 5.91 Å². The van der Waals surface area contributed by atoms with Gasteiger partial charge in [-0.25, -0.2) is 0 Å². The summed E-state index contributed by atoms with van der Waals surface area (Å²) in [5, 5.41) is 2.79. The summed E-state index contributed by atoms with van der Waals surface area (Å²) < 4.78 is 0. The second kappa shape index (κ2) is 3.85. The van der Waals surface area contributed by atoms with Crippen molar-refractivity contribution in [1.82, 2.24) is 10.3 Å². The van der Waals surface area contributed by atoms with Crippen LogP contribution in [-0.2, 0) is 4.79 Å². The molecule has 0 bridgehead atoms. The van der Waals surface area contributed by atoms with E-state index in [4.69, 9.17) is 0 Å². The van der Waals surface area contributed by atoms with Gasteiger partial charge in [0.05, 0.1) is 6.04 Å². The third kappa shape index (κ3) is 2.34. The molecule has 1 atom stereocenters. The van der Waals surface area contributed by atoms with Gasteiger partial charge in [0, 0.05) is 19.3 Å². The lowest BCUT2D eigenvalue weighted by atomic mass is 10.1. The molecule has 0 saturated heterocycles. The number of rotatable bonds is 2. The van der Waals surface area contributed by atoms with Crippen molar-refractivity contribution < 1.29 is 4.79 Å². The molecule has 3 nitrogen and oxygen atoms in total. The fraction of sp³-hybridized carbons (Fsp3) is 0.333. The predicted octanol–water partition coefficient (Wildman–Crippen LogP) is 1.28. The maximum absolute atomic E-state index is 10.7. The van der Waals surface area contributed by atoms with E-state index in [-0.39, 0.29) is 11.9 Å². The Bertz CT molecular complexity index is 258. The van der Waals surface area contributed by atoms with Gasteiger partial charge in [-0.1, -0.05) is 0 Å². The van der Waals surface area contributed by atoms with Gasteiger partial charge in [0.25, 0.3) is 0 Å². The Morgan fingerprint density at radius 2 is 2.08 bits per heavy atom. The predicted molar refractivity (Wildman–Crippen MR) is 46.5 cm³/mol. The van der Waals surface area contributed by atoms with E-state index in [1.165, 1.54) is 6.92 Å². The van der Waals surface area contributed by atoms with Crippen LogP contribution in [0.5, 0.6) is 0 Å². The highest BCUT2D eigenvalue weighted by atomic mass is 16.1. The summed E-state index contributed by atoms with van der Waals surface area (Å²) in [7, 11) is 0. The second-order valence-electron chi connectivity index (χ2n) is 2.70. The molecule has 1 heterocycles. The van der Waals surface area contributed by atoms with E-state index in [9.17, 15) is 4.79 Å². The minimum absolute atomic E-state index is 0.0145. The number of amides is 1. The molecule has 0 aliphatic carbocycles. The highest BCUT2D eigenvalue weighted by molar-refractivity contribution is 5.73. The second-order valence-corrected chi connectivity index (χ2v) is 2.70. The highest BCUT2D eigenvalue weighted by Gasteiger charge is 2.04. The van der Waals surface area contributed by atoms with Crippen LogP contribution in [0.2, 0.25) is 0 Å². The largest absolute Gasteiger partial charge is 0.350 e. The van der Waals surface area contributed by atoms with Crippen LogP contribution < -0.4 is 5.32 Å². The SMILES string of the molecule is CC(=O)N[C@H](C)c1ccncc1. The minimum Gasteiger partial charge on any atom is -0.350 e. The van der Waals surface area contributed by atoms with E-state index in [2.05, 4.69) is 10.3 Å². The van der Waals surface area contributed by atoms with E-state index >= 15 is 0 Å². The number of nitrogens with one attached hydrogen (secondary N) is 1. The summed E-state index contributed by atoms with van der Waals surface area (Å²) in [5.41, 5.74) is 1.07. The highest BCUT2D eigenvalue weighted by Crippen LogP contribution is 2.09. The van der Waals surface area contributed by atoms with Crippen molar-refractivity contribution in [3.05, 3.63) is 30.1 Å². The van der Waals surface area contributed by atoms with E-state index < -0.39 is 0 Å². The van der Waals surface area contributed by atoms with Crippen molar-refractivity contribution in [2.24, 2.45) is 0 Å². The zero-order valence-electron chi connectivity index (χ0n) is 7.24. The summed E-state index contributed by atoms with van der Waals surface area (Å²) in [6, 6.07) is 3.84. The van der Waals surface area contributed by atoms with Crippen LogP contribution in [0.3, 0.4) is 0 Å². The molecular formula is C9H12N2O. The van der Waals surface area contributed by atoms with E-state index in [0.717, 1.165) is 5.56 Å². The molecule has 0 radical (unpaired) electrons. The lowest BCUT2D eigenvalue weighted by Crippen LogP contribution is -2.23. The number of hydrogen-bond acceptors (Lipinski definition) is 2. The Morgan fingerprint density at radius 1 is 1.50 bits per heavy atom. The molecular weight excluding hydrogens is 152 g/mol. The Morgan fingerprint density at radius 3 is 2.58 bits per heavy atom. The van der Waals surface area contributed by atoms with E-state index in [1.807, 2.05) is 19.1 Å². The summed E-state index contributed by atoms with van der Waals surface area (Å²) in [4.78, 5) is 14.6. The van der Waals surface area contributed by atoms with Crippen molar-refractivity contribution in [3.8, 4) is 0 Å². The molecule has 0 aromatic carbocycles. The molecule has 3 heteroatoms. The molecule has 0 spiro atoms. The van der Waals surface area contributed by atoms with Crippen LogP contribution in [0, 0.1) is 0 Å². The monoisotopic (exact) mass is 164 g/mol. The van der Waals surface area contributed by atoms with Crippen molar-refractivity contribution in [3.63, 3.8) is 0 Å². The summed E-state index contributed by atoms with van der Waals surface area (Å²) in [6.45, 7) is 3.45. The molecule has 64 valence electrons. The first-order valence-corrected chi connectivity index (χ1v) is 3.87. The standard InChI is InChI=1S/C9H12N2O/c1-7(11-8(2)12)9-3-5-10-6-4-9/h3-7H,1-2H3,(H,11,12)/t7-/m1/s1. The smallest absolute Gasteiger partial charge is 0.217 e. The molecule has 1 aromatic heterocycles. The van der Waals surface area contributed by atoms with Crippen molar-refractivity contribution in [2.45, 2.75) is 19.9 Å². The molecule has 0 aliphatic heterocycles. The van der Waals surface area contributed by atoms with Gasteiger partial charge in [-0.3, -0.25) is 9.78 Å². The molecule has 0 unspecified atom stereocenters. The molecule has 0 saturated carbocycles. The minimum atomic E-state index is -0.0145. The molecule has 1 aromatic rings. The maximum Gasteiger partial charge on any atom is 0.217 e. The first-order chi connectivity index (χ1) is 5.70. The van der Waals surface area contributed by atoms with Gasteiger partial charge < -0.3 is 5.32 Å². The Hall–Kier alpha value is -1.38. The molecule has 1 amide bonds. The fourth-order valence-corrected chi connectivity index (χ4v) is 1.04. The van der Waals surface area contributed by atoms with Crippen molar-refractivity contribution in [1.29, 1.82) is 0 Å². The molecule has 1 N–H and O–H groups in total. The third-order valence-corrected chi connectivity index (χ3v) is 1.63. The third-order valence-electron chi connectivity index (χ3n) is 1.63. The summed E-state index contributed by atoms with van der Waals surface area (Å²) in [6.07, 6.45) is 3.43. The van der Waals surface area contributed by atoms with Crippen LogP contribution in [-0.4, -0.2) is 10.9 Å². The number of carbonyl (C=O) groups is 1. The molecule has 12 heavy (non-hydrogen) atoms. The lowest BCUT2D eigenvalue weighted by molar-refractivity contribution is -0.119. The zero-order chi connectivity index (χ0) is 8.97. The van der Waals surface area contributed by atoms with Crippen LogP contribution in [0.25, 0.3) is 0 Å². The molecule has 1 rings (SSSR count). The van der Waals surface area contributed by atoms with Gasteiger partial charge in [0.15, 0.2) is 0 Å². The van der Waals surface area contributed by atoms with Crippen LogP contribution in [0.15, 0.2) is 24.5 Å². The quantitative estimate of drug-likeness (QED) is 0.715. The first kappa shape index (κ1) is 8.71. The van der Waals surface area contributed by atoms with E-state index in [1.54, 1.807) is 12.4 Å². The number of hydrogen-bond donors (Lipinski definition) is 1.